The Labute approximate surface area is 397 Å². The Morgan fingerprint density at radius 1 is 0.266 bits per heavy atom. The van der Waals surface area contributed by atoms with Crippen molar-refractivity contribution in [3.05, 3.63) is 78.9 Å². The minimum absolute atomic E-state index is 0.0451. The summed E-state index contributed by atoms with van der Waals surface area (Å²) in [5, 5.41) is 1.81. The molecule has 0 N–H and O–H groups in total. The van der Waals surface area contributed by atoms with Gasteiger partial charge in [0.15, 0.2) is 17.5 Å². The first kappa shape index (κ1) is 42.8. The normalized spacial score (nSPS) is 11.7. The van der Waals surface area contributed by atoms with Crippen molar-refractivity contribution in [2.24, 2.45) is 0 Å². The lowest BCUT2D eigenvalue weighted by atomic mass is 9.64. The fourth-order valence-electron chi connectivity index (χ4n) is 8.38. The van der Waals surface area contributed by atoms with Crippen LogP contribution in [0.25, 0.3) is 96.8 Å². The van der Waals surface area contributed by atoms with Crippen molar-refractivity contribution >= 4 is 249 Å². The molecule has 7 aromatic carbocycles. The number of nitrogens with zero attached hydrogens (tertiary/aromatic N) is 3. The molecule has 10 rings (SSSR count). The zero-order chi connectivity index (χ0) is 45.2. The molecule has 19 heteroatoms. The van der Waals surface area contributed by atoms with E-state index in [-0.39, 0.29) is 99.5 Å². The molecule has 3 heterocycles. The van der Waals surface area contributed by atoms with Crippen molar-refractivity contribution in [3.8, 4) is 56.4 Å². The molecule has 0 bridgehead atoms. The SMILES string of the molecule is [B]c1c([B])c([B])c2c(sc3c([B])c([B])c(-c4nc(-c5ccccc5-c5ccc(-c6ccccc6)cc5)nc(-c5c([B])c([B])c([B])c6c5sc5c([B])c([B])c([B])c([B])c56)n4)c([B])c32)c1[B]. The number of benzene rings is 7. The number of thiophene rings is 2. The number of fused-ring (bicyclic) bond motifs is 6. The molecule has 0 aliphatic carbocycles. The third kappa shape index (κ3) is 6.31. The third-order valence-electron chi connectivity index (χ3n) is 11.8. The molecule has 262 valence electrons. The van der Waals surface area contributed by atoms with Gasteiger partial charge in [-0.2, -0.15) is 0 Å². The predicted octanol–water partition coefficient (Wildman–Crippen LogP) is -3.94. The molecular weight excluding hydrogens is 798 g/mol. The van der Waals surface area contributed by atoms with Gasteiger partial charge in [-0.3, -0.25) is 0 Å². The van der Waals surface area contributed by atoms with Gasteiger partial charge in [-0.25, -0.2) is 15.0 Å². The zero-order valence-electron chi connectivity index (χ0n) is 33.7. The van der Waals surface area contributed by atoms with Crippen LogP contribution in [0.1, 0.15) is 0 Å². The molecule has 0 saturated carbocycles. The van der Waals surface area contributed by atoms with Gasteiger partial charge in [0, 0.05) is 35.5 Å². The van der Waals surface area contributed by atoms with Crippen molar-refractivity contribution in [2.45, 2.75) is 0 Å². The zero-order valence-corrected chi connectivity index (χ0v) is 35.4. The Bertz CT molecular complexity index is 3670. The van der Waals surface area contributed by atoms with Crippen LogP contribution >= 0.6 is 22.7 Å². The van der Waals surface area contributed by atoms with Crippen LogP contribution in [-0.4, -0.2) is 125 Å². The van der Waals surface area contributed by atoms with E-state index in [1.807, 2.05) is 54.6 Å². The van der Waals surface area contributed by atoms with Crippen molar-refractivity contribution in [1.82, 2.24) is 15.0 Å². The van der Waals surface area contributed by atoms with Gasteiger partial charge >= 0.3 is 0 Å². The van der Waals surface area contributed by atoms with E-state index in [9.17, 15) is 0 Å². The van der Waals surface area contributed by atoms with E-state index in [1.54, 1.807) is 0 Å². The second-order valence-electron chi connectivity index (χ2n) is 15.4. The standard InChI is InChI=1S/C45H13B14N3S2/c46-25-19-21-27(48)32(53)35(56)38(59)42(21)64-40(19)36(57)29(50)23(25)44-60-43(18-9-5-4-8-17(18)16-12-10-15(11-13-16)14-6-2-1-3-7-14)61-45(62-44)24-30(51)31(52)26(47)20-22-28(49)33(54)34(55)37(58)41(22)63-39(20)24/h1-13H. The highest BCUT2D eigenvalue weighted by Crippen LogP contribution is 2.38. The average molecular weight is 811 g/mol. The van der Waals surface area contributed by atoms with Crippen molar-refractivity contribution in [1.29, 1.82) is 0 Å². The van der Waals surface area contributed by atoms with Gasteiger partial charge < -0.3 is 0 Å². The molecule has 10 aromatic rings. The summed E-state index contributed by atoms with van der Waals surface area (Å²) in [6.45, 7) is 0. The molecular formula is C45H13B14N3S2. The molecule has 0 spiro atoms. The third-order valence-corrected chi connectivity index (χ3v) is 14.3. The highest BCUT2D eigenvalue weighted by atomic mass is 32.1. The lowest BCUT2D eigenvalue weighted by Gasteiger charge is -2.20. The van der Waals surface area contributed by atoms with E-state index < -0.39 is 0 Å². The summed E-state index contributed by atoms with van der Waals surface area (Å²) in [5.74, 6) is 0.359. The lowest BCUT2D eigenvalue weighted by Crippen LogP contribution is -2.47. The lowest BCUT2D eigenvalue weighted by molar-refractivity contribution is 1.08. The summed E-state index contributed by atoms with van der Waals surface area (Å²) < 4.78 is 2.08. The van der Waals surface area contributed by atoms with Gasteiger partial charge in [0.2, 0.25) is 0 Å². The number of hydrogen-bond donors (Lipinski definition) is 0. The van der Waals surface area contributed by atoms with Crippen LogP contribution in [0.3, 0.4) is 0 Å². The minimum Gasteiger partial charge on any atom is -0.208 e. The Balaban J connectivity index is 1.31. The molecule has 0 aliphatic rings. The fourth-order valence-corrected chi connectivity index (χ4v) is 11.0. The number of rotatable bonds is 5. The van der Waals surface area contributed by atoms with Crippen LogP contribution in [0.2, 0.25) is 0 Å². The molecule has 28 radical (unpaired) electrons. The highest BCUT2D eigenvalue weighted by molar-refractivity contribution is 7.29. The van der Waals surface area contributed by atoms with Crippen LogP contribution in [0.4, 0.5) is 0 Å². The van der Waals surface area contributed by atoms with Crippen molar-refractivity contribution < 1.29 is 0 Å². The molecule has 0 saturated heterocycles. The Morgan fingerprint density at radius 3 is 1.19 bits per heavy atom. The summed E-state index contributed by atoms with van der Waals surface area (Å²) in [7, 11) is 93.1. The van der Waals surface area contributed by atoms with E-state index in [0.29, 0.717) is 51.5 Å². The first-order chi connectivity index (χ1) is 30.6. The summed E-state index contributed by atoms with van der Waals surface area (Å²) in [6.07, 6.45) is 0. The number of aromatic nitrogens is 3. The Morgan fingerprint density at radius 2 is 0.625 bits per heavy atom. The average Bonchev–Trinajstić information content (AvgIpc) is 3.92. The van der Waals surface area contributed by atoms with Gasteiger partial charge in [-0.15, -0.1) is 50.0 Å². The maximum Gasteiger partial charge on any atom is 0.164 e. The van der Waals surface area contributed by atoms with Gasteiger partial charge in [0.05, 0.1) is 0 Å². The van der Waals surface area contributed by atoms with E-state index in [2.05, 4.69) is 24.3 Å². The smallest absolute Gasteiger partial charge is 0.164 e. The minimum atomic E-state index is 0.0451. The van der Waals surface area contributed by atoms with Gasteiger partial charge in [0.1, 0.15) is 110 Å². The van der Waals surface area contributed by atoms with Crippen LogP contribution in [0.15, 0.2) is 78.9 Å². The van der Waals surface area contributed by atoms with Crippen LogP contribution < -0.4 is 76.5 Å². The maximum absolute atomic E-state index is 7.17. The second kappa shape index (κ2) is 15.8. The first-order valence-corrected chi connectivity index (χ1v) is 21.1. The van der Waals surface area contributed by atoms with Crippen LogP contribution in [0.5, 0.6) is 0 Å². The molecule has 3 aromatic heterocycles. The molecule has 3 nitrogen and oxygen atoms in total. The molecule has 64 heavy (non-hydrogen) atoms. The maximum atomic E-state index is 7.17. The van der Waals surface area contributed by atoms with E-state index in [4.69, 9.17) is 125 Å². The predicted molar refractivity (Wildman–Crippen MR) is 288 cm³/mol. The van der Waals surface area contributed by atoms with Gasteiger partial charge in [0.25, 0.3) is 0 Å². The Hall–Kier alpha value is -5.10. The quantitative estimate of drug-likeness (QED) is 0.167. The van der Waals surface area contributed by atoms with Crippen LogP contribution in [-0.2, 0) is 0 Å². The molecule has 0 atom stereocenters. The van der Waals surface area contributed by atoms with E-state index in [0.717, 1.165) is 22.3 Å². The summed E-state index contributed by atoms with van der Waals surface area (Å²) in [4.78, 5) is 15.3. The summed E-state index contributed by atoms with van der Waals surface area (Å²) in [6, 6.07) is 26.0. The first-order valence-electron chi connectivity index (χ1n) is 19.5. The molecule has 0 amide bonds. The van der Waals surface area contributed by atoms with Crippen molar-refractivity contribution in [3.63, 3.8) is 0 Å². The summed E-state index contributed by atoms with van der Waals surface area (Å²) >= 11 is 2.47. The summed E-state index contributed by atoms with van der Waals surface area (Å²) in [5.41, 5.74) is 6.95. The van der Waals surface area contributed by atoms with Crippen LogP contribution in [0, 0.1) is 0 Å². The molecule has 0 aliphatic heterocycles. The molecule has 0 fully saturated rings. The van der Waals surface area contributed by atoms with E-state index >= 15 is 0 Å². The highest BCUT2D eigenvalue weighted by Gasteiger charge is 2.26. The van der Waals surface area contributed by atoms with Gasteiger partial charge in [-0.05, 0) is 43.8 Å². The fraction of sp³-hybridized carbons (Fsp3) is 0. The topological polar surface area (TPSA) is 38.7 Å². The van der Waals surface area contributed by atoms with Gasteiger partial charge in [-0.1, -0.05) is 128 Å². The largest absolute Gasteiger partial charge is 0.208 e. The number of hydrogen-bond acceptors (Lipinski definition) is 5. The molecule has 0 unspecified atom stereocenters. The van der Waals surface area contributed by atoms with E-state index in [1.165, 1.54) is 22.7 Å². The second-order valence-corrected chi connectivity index (χ2v) is 17.4. The Kier molecular flexibility index (Phi) is 10.6. The van der Waals surface area contributed by atoms with Crippen molar-refractivity contribution in [2.75, 3.05) is 0 Å². The monoisotopic (exact) mass is 813 g/mol.